The molecular weight excluding hydrogens is 470 g/mol. The van der Waals surface area contributed by atoms with Gasteiger partial charge in [-0.3, -0.25) is 14.4 Å². The molecule has 37 heavy (non-hydrogen) atoms. The Morgan fingerprint density at radius 3 is 1.16 bits per heavy atom. The highest BCUT2D eigenvalue weighted by Gasteiger charge is 2.27. The van der Waals surface area contributed by atoms with E-state index in [1.807, 2.05) is 0 Å². The zero-order valence-corrected chi connectivity index (χ0v) is 23.6. The number of allylic oxidation sites excluding steroid dienone is 2. The highest BCUT2D eigenvalue weighted by molar-refractivity contribution is 5.67. The molecule has 3 N–H and O–H groups in total. The summed E-state index contributed by atoms with van der Waals surface area (Å²) in [7, 11) is 0. The van der Waals surface area contributed by atoms with Crippen LogP contribution in [0.1, 0.15) is 135 Å². The molecule has 0 bridgehead atoms. The van der Waals surface area contributed by atoms with Crippen molar-refractivity contribution >= 4 is 17.9 Å². The molecule has 0 unspecified atom stereocenters. The number of carbonyl (C=O) groups is 3. The number of nitrogens with zero attached hydrogens (tertiary/aromatic N) is 1. The summed E-state index contributed by atoms with van der Waals surface area (Å²) in [5, 5.41) is 27.2. The Morgan fingerprint density at radius 2 is 0.811 bits per heavy atom. The monoisotopic (exact) mass is 526 g/mol. The van der Waals surface area contributed by atoms with Crippen molar-refractivity contribution in [3.63, 3.8) is 0 Å². The number of hydrogen-bond acceptors (Lipinski definition) is 3. The molecule has 0 radical (unpaired) electrons. The van der Waals surface area contributed by atoms with Gasteiger partial charge in [-0.1, -0.05) is 76.9 Å². The predicted octanol–water partition coefficient (Wildman–Crippen LogP) is 7.44. The molecule has 0 heterocycles. The molecule has 7 nitrogen and oxygen atoms in total. The Morgan fingerprint density at radius 1 is 0.486 bits per heavy atom. The summed E-state index contributed by atoms with van der Waals surface area (Å²) in [6.07, 6.45) is 23.9. The fraction of sp³-hybridized carbons (Fsp3) is 0.833. The molecule has 0 aliphatic heterocycles. The normalized spacial score (nSPS) is 11.8. The molecular formula is C30H56NO6+. The van der Waals surface area contributed by atoms with Gasteiger partial charge in [0.25, 0.3) is 0 Å². The second-order valence-electron chi connectivity index (χ2n) is 10.6. The van der Waals surface area contributed by atoms with Crippen molar-refractivity contribution in [3.05, 3.63) is 12.2 Å². The van der Waals surface area contributed by atoms with Crippen molar-refractivity contribution in [3.8, 4) is 0 Å². The van der Waals surface area contributed by atoms with Crippen LogP contribution in [0, 0.1) is 0 Å². The molecule has 0 amide bonds. The van der Waals surface area contributed by atoms with Crippen LogP contribution < -0.4 is 0 Å². The Labute approximate surface area is 225 Å². The lowest BCUT2D eigenvalue weighted by Gasteiger charge is -2.39. The predicted molar refractivity (Wildman–Crippen MR) is 150 cm³/mol. The molecule has 0 aliphatic rings. The maximum absolute atomic E-state index is 11.0. The molecule has 0 saturated carbocycles. The van der Waals surface area contributed by atoms with Gasteiger partial charge in [0.15, 0.2) is 0 Å². The Balaban J connectivity index is 4.25. The van der Waals surface area contributed by atoms with Crippen LogP contribution >= 0.6 is 0 Å². The maximum atomic E-state index is 11.0. The largest absolute Gasteiger partial charge is 0.481 e. The summed E-state index contributed by atoms with van der Waals surface area (Å²) in [6.45, 7) is 5.05. The zero-order valence-electron chi connectivity index (χ0n) is 23.6. The highest BCUT2D eigenvalue weighted by Crippen LogP contribution is 2.19. The summed E-state index contributed by atoms with van der Waals surface area (Å²) in [6, 6.07) is 0. The van der Waals surface area contributed by atoms with Gasteiger partial charge in [-0.25, -0.2) is 0 Å². The van der Waals surface area contributed by atoms with Crippen molar-refractivity contribution in [2.75, 3.05) is 26.2 Å². The third-order valence-electron chi connectivity index (χ3n) is 7.22. The number of quaternary nitrogens is 1. The van der Waals surface area contributed by atoms with Gasteiger partial charge in [0, 0.05) is 19.3 Å². The summed E-state index contributed by atoms with van der Waals surface area (Å²) in [4.78, 5) is 33.1. The standard InChI is InChI=1S/C30H55NO6/c1-2-3-4-5-6-7-8-9-10-11-12-13-14-15-16-17-24-31(25-18-21-28(32)33,26-19-22-29(34)35)27-20-23-30(36)37/h3-4H,2,5-27H2,1H3,(H2-,32,33,34,35,36,37)/p+1/b4-3+. The van der Waals surface area contributed by atoms with Crippen LogP contribution in [-0.2, 0) is 14.4 Å². The first kappa shape index (κ1) is 35.1. The fourth-order valence-electron chi connectivity index (χ4n) is 5.13. The summed E-state index contributed by atoms with van der Waals surface area (Å²) in [5.74, 6) is -2.47. The maximum Gasteiger partial charge on any atom is 0.303 e. The van der Waals surface area contributed by atoms with Gasteiger partial charge in [0.05, 0.1) is 45.4 Å². The Bertz CT molecular complexity index is 569. The van der Waals surface area contributed by atoms with Gasteiger partial charge in [-0.15, -0.1) is 0 Å². The number of carboxylic acids is 3. The Kier molecular flexibility index (Phi) is 23.2. The minimum absolute atomic E-state index is 0.0914. The van der Waals surface area contributed by atoms with E-state index in [4.69, 9.17) is 15.3 Å². The summed E-state index contributed by atoms with van der Waals surface area (Å²) in [5.41, 5.74) is 0. The molecule has 7 heteroatoms. The fourth-order valence-corrected chi connectivity index (χ4v) is 5.13. The molecule has 0 spiro atoms. The van der Waals surface area contributed by atoms with E-state index >= 15 is 0 Å². The van der Waals surface area contributed by atoms with E-state index in [2.05, 4.69) is 19.1 Å². The van der Waals surface area contributed by atoms with Crippen LogP contribution in [0.5, 0.6) is 0 Å². The van der Waals surface area contributed by atoms with E-state index < -0.39 is 17.9 Å². The van der Waals surface area contributed by atoms with Crippen molar-refractivity contribution in [2.24, 2.45) is 0 Å². The molecule has 0 aliphatic carbocycles. The van der Waals surface area contributed by atoms with Gasteiger partial charge >= 0.3 is 17.9 Å². The van der Waals surface area contributed by atoms with E-state index in [0.29, 0.717) is 43.4 Å². The first-order valence-corrected chi connectivity index (χ1v) is 15.0. The number of carboxylic acid groups (broad SMARTS) is 3. The minimum Gasteiger partial charge on any atom is -0.481 e. The highest BCUT2D eigenvalue weighted by atomic mass is 16.4. The molecule has 0 saturated heterocycles. The van der Waals surface area contributed by atoms with E-state index in [9.17, 15) is 14.4 Å². The third kappa shape index (κ3) is 24.2. The quantitative estimate of drug-likeness (QED) is 0.0555. The summed E-state index contributed by atoms with van der Waals surface area (Å²) >= 11 is 0. The van der Waals surface area contributed by atoms with Crippen molar-refractivity contribution in [1.82, 2.24) is 0 Å². The first-order chi connectivity index (χ1) is 17.8. The van der Waals surface area contributed by atoms with E-state index in [1.54, 1.807) is 0 Å². The molecule has 0 atom stereocenters. The summed E-state index contributed by atoms with van der Waals surface area (Å²) < 4.78 is 0.642. The number of hydrogen-bond donors (Lipinski definition) is 3. The Hall–Kier alpha value is -1.89. The van der Waals surface area contributed by atoms with Gasteiger partial charge in [0.1, 0.15) is 0 Å². The van der Waals surface area contributed by atoms with Crippen LogP contribution in [-0.4, -0.2) is 63.9 Å². The van der Waals surface area contributed by atoms with E-state index in [0.717, 1.165) is 25.8 Å². The van der Waals surface area contributed by atoms with Crippen LogP contribution in [0.4, 0.5) is 0 Å². The third-order valence-corrected chi connectivity index (χ3v) is 7.22. The van der Waals surface area contributed by atoms with Crippen LogP contribution in [0.2, 0.25) is 0 Å². The van der Waals surface area contributed by atoms with Gasteiger partial charge in [0.2, 0.25) is 0 Å². The zero-order chi connectivity index (χ0) is 27.6. The average Bonchev–Trinajstić information content (AvgIpc) is 2.83. The number of unbranched alkanes of at least 4 members (excludes halogenated alkanes) is 12. The smallest absolute Gasteiger partial charge is 0.303 e. The van der Waals surface area contributed by atoms with Crippen molar-refractivity contribution in [1.29, 1.82) is 0 Å². The molecule has 0 aromatic rings. The van der Waals surface area contributed by atoms with Crippen molar-refractivity contribution in [2.45, 2.75) is 135 Å². The van der Waals surface area contributed by atoms with Gasteiger partial charge in [-0.05, 0) is 32.1 Å². The molecule has 0 aromatic heterocycles. The van der Waals surface area contributed by atoms with Crippen LogP contribution in [0.15, 0.2) is 12.2 Å². The number of aliphatic carboxylic acids is 3. The van der Waals surface area contributed by atoms with E-state index in [1.165, 1.54) is 70.6 Å². The molecule has 0 rings (SSSR count). The van der Waals surface area contributed by atoms with Crippen LogP contribution in [0.25, 0.3) is 0 Å². The first-order valence-electron chi connectivity index (χ1n) is 15.0. The lowest BCUT2D eigenvalue weighted by molar-refractivity contribution is -0.929. The van der Waals surface area contributed by atoms with Crippen LogP contribution in [0.3, 0.4) is 0 Å². The molecule has 0 fully saturated rings. The minimum atomic E-state index is -0.825. The topological polar surface area (TPSA) is 112 Å². The lowest BCUT2D eigenvalue weighted by Crippen LogP contribution is -2.51. The number of rotatable bonds is 28. The lowest BCUT2D eigenvalue weighted by atomic mass is 10.0. The second-order valence-corrected chi connectivity index (χ2v) is 10.6. The van der Waals surface area contributed by atoms with Gasteiger partial charge < -0.3 is 19.8 Å². The average molecular weight is 527 g/mol. The SMILES string of the molecule is CC/C=C/CCCCCCCCCCCCCC[N+](CCCC(=O)O)(CCCC(=O)O)CCCC(=O)O. The van der Waals surface area contributed by atoms with Crippen molar-refractivity contribution < 1.29 is 34.2 Å². The van der Waals surface area contributed by atoms with Gasteiger partial charge in [-0.2, -0.15) is 0 Å². The second kappa shape index (κ2) is 24.4. The molecule has 216 valence electrons. The molecule has 0 aromatic carbocycles. The van der Waals surface area contributed by atoms with E-state index in [-0.39, 0.29) is 19.3 Å².